The van der Waals surface area contributed by atoms with Crippen molar-refractivity contribution in [2.24, 2.45) is 16.8 Å². The summed E-state index contributed by atoms with van der Waals surface area (Å²) < 4.78 is 0. The lowest BCUT2D eigenvalue weighted by molar-refractivity contribution is -0.121. The van der Waals surface area contributed by atoms with Crippen LogP contribution in [0.4, 0.5) is 0 Å². The smallest absolute Gasteiger partial charge is 0.220 e. The van der Waals surface area contributed by atoms with E-state index < -0.39 is 0 Å². The Morgan fingerprint density at radius 3 is 2.42 bits per heavy atom. The zero-order valence-electron chi connectivity index (χ0n) is 17.4. The number of carbonyl (C=O) groups is 1. The number of aliphatic imine (C=N–C) groups is 1. The molecule has 0 aliphatic carbocycles. The van der Waals surface area contributed by atoms with Gasteiger partial charge in [0.15, 0.2) is 5.96 Å². The zero-order chi connectivity index (χ0) is 18.5. The number of likely N-dealkylation sites (tertiary alicyclic amines) is 1. The van der Waals surface area contributed by atoms with Crippen molar-refractivity contribution >= 4 is 35.8 Å². The van der Waals surface area contributed by atoms with Crippen LogP contribution in [0.3, 0.4) is 0 Å². The van der Waals surface area contributed by atoms with Gasteiger partial charge in [-0.05, 0) is 31.1 Å². The Morgan fingerprint density at radius 1 is 1.19 bits per heavy atom. The van der Waals surface area contributed by atoms with Crippen molar-refractivity contribution in [2.75, 3.05) is 33.7 Å². The summed E-state index contributed by atoms with van der Waals surface area (Å²) in [6.07, 6.45) is 10.9. The fourth-order valence-corrected chi connectivity index (χ4v) is 3.51. The number of unbranched alkanes of at least 4 members (excludes halogenated alkanes) is 4. The van der Waals surface area contributed by atoms with Crippen LogP contribution in [0.1, 0.15) is 71.6 Å². The Morgan fingerprint density at radius 2 is 1.85 bits per heavy atom. The Bertz CT molecular complexity index is 395. The van der Waals surface area contributed by atoms with E-state index >= 15 is 0 Å². The molecule has 1 fully saturated rings. The first kappa shape index (κ1) is 25.5. The topological polar surface area (TPSA) is 56.7 Å². The molecule has 1 rings (SSSR count). The summed E-state index contributed by atoms with van der Waals surface area (Å²) in [4.78, 5) is 18.3. The van der Waals surface area contributed by atoms with Gasteiger partial charge >= 0.3 is 0 Å². The molecule has 0 saturated carbocycles. The molecule has 5 nitrogen and oxygen atoms in total. The number of guanidine groups is 1. The van der Waals surface area contributed by atoms with Gasteiger partial charge in [-0.1, -0.05) is 46.0 Å². The van der Waals surface area contributed by atoms with E-state index in [1.165, 1.54) is 38.5 Å². The van der Waals surface area contributed by atoms with Crippen molar-refractivity contribution in [3.05, 3.63) is 0 Å². The van der Waals surface area contributed by atoms with Gasteiger partial charge in [-0.3, -0.25) is 9.79 Å². The SMILES string of the molecule is CCCCCCCC(C)CNC(=NC)N1CCC(CC(=O)NC)CC1.I. The molecule has 2 N–H and O–H groups in total. The molecule has 6 heteroatoms. The molecule has 154 valence electrons. The van der Waals surface area contributed by atoms with E-state index in [-0.39, 0.29) is 29.9 Å². The number of nitrogens with zero attached hydrogens (tertiary/aromatic N) is 2. The summed E-state index contributed by atoms with van der Waals surface area (Å²) in [5, 5.41) is 6.28. The molecule has 1 saturated heterocycles. The third-order valence-corrected chi connectivity index (χ3v) is 5.29. The predicted octanol–water partition coefficient (Wildman–Crippen LogP) is 4.02. The second-order valence-corrected chi connectivity index (χ2v) is 7.54. The molecular formula is C20H41IN4O. The van der Waals surface area contributed by atoms with E-state index in [1.54, 1.807) is 7.05 Å². The lowest BCUT2D eigenvalue weighted by Gasteiger charge is -2.34. The van der Waals surface area contributed by atoms with Crippen molar-refractivity contribution in [2.45, 2.75) is 71.6 Å². The van der Waals surface area contributed by atoms with E-state index in [0.717, 1.165) is 38.4 Å². The summed E-state index contributed by atoms with van der Waals surface area (Å²) in [6.45, 7) is 7.58. The quantitative estimate of drug-likeness (QED) is 0.215. The third kappa shape index (κ3) is 10.6. The van der Waals surface area contributed by atoms with Crippen LogP contribution >= 0.6 is 24.0 Å². The Labute approximate surface area is 178 Å². The Balaban J connectivity index is 0.00000625. The van der Waals surface area contributed by atoms with Crippen LogP contribution in [0.2, 0.25) is 0 Å². The molecule has 1 aliphatic heterocycles. The first-order valence-electron chi connectivity index (χ1n) is 10.3. The molecule has 1 unspecified atom stereocenters. The van der Waals surface area contributed by atoms with Gasteiger partial charge in [-0.2, -0.15) is 0 Å². The lowest BCUT2D eigenvalue weighted by atomic mass is 9.93. The molecule has 0 aromatic carbocycles. The molecule has 1 heterocycles. The van der Waals surface area contributed by atoms with Crippen molar-refractivity contribution in [1.82, 2.24) is 15.5 Å². The standard InChI is InChI=1S/C20H40N4O.HI/c1-5-6-7-8-9-10-17(2)16-23-20(22-4)24-13-11-18(12-14-24)15-19(25)21-3;/h17-18H,5-16H2,1-4H3,(H,21,25)(H,22,23);1H. The maximum absolute atomic E-state index is 11.5. The first-order chi connectivity index (χ1) is 12.1. The van der Waals surface area contributed by atoms with Crippen LogP contribution in [0.5, 0.6) is 0 Å². The van der Waals surface area contributed by atoms with Gasteiger partial charge in [-0.25, -0.2) is 0 Å². The molecular weight excluding hydrogens is 439 g/mol. The van der Waals surface area contributed by atoms with E-state index in [2.05, 4.69) is 34.4 Å². The highest BCUT2D eigenvalue weighted by molar-refractivity contribution is 14.0. The Hall–Kier alpha value is -0.530. The number of halogens is 1. The second-order valence-electron chi connectivity index (χ2n) is 7.54. The molecule has 1 atom stereocenters. The van der Waals surface area contributed by atoms with Gasteiger partial charge < -0.3 is 15.5 Å². The highest BCUT2D eigenvalue weighted by Crippen LogP contribution is 2.20. The molecule has 0 spiro atoms. The number of hydrogen-bond donors (Lipinski definition) is 2. The van der Waals surface area contributed by atoms with Gasteiger partial charge in [0.2, 0.25) is 5.91 Å². The summed E-state index contributed by atoms with van der Waals surface area (Å²) >= 11 is 0. The number of hydrogen-bond acceptors (Lipinski definition) is 2. The van der Waals surface area contributed by atoms with E-state index in [9.17, 15) is 4.79 Å². The number of nitrogens with one attached hydrogen (secondary N) is 2. The zero-order valence-corrected chi connectivity index (χ0v) is 19.7. The van der Waals surface area contributed by atoms with Crippen molar-refractivity contribution < 1.29 is 4.79 Å². The monoisotopic (exact) mass is 480 g/mol. The Kier molecular flexibility index (Phi) is 15.2. The van der Waals surface area contributed by atoms with Crippen LogP contribution in [0, 0.1) is 11.8 Å². The van der Waals surface area contributed by atoms with E-state index in [4.69, 9.17) is 0 Å². The minimum absolute atomic E-state index is 0. The molecule has 26 heavy (non-hydrogen) atoms. The number of piperidine rings is 1. The van der Waals surface area contributed by atoms with Gasteiger partial charge in [0.05, 0.1) is 0 Å². The van der Waals surface area contributed by atoms with Crippen LogP contribution < -0.4 is 10.6 Å². The molecule has 1 amide bonds. The molecule has 0 aromatic rings. The van der Waals surface area contributed by atoms with E-state index in [0.29, 0.717) is 18.3 Å². The van der Waals surface area contributed by atoms with Crippen molar-refractivity contribution in [3.8, 4) is 0 Å². The minimum Gasteiger partial charge on any atom is -0.359 e. The average molecular weight is 480 g/mol. The lowest BCUT2D eigenvalue weighted by Crippen LogP contribution is -2.47. The number of rotatable bonds is 10. The predicted molar refractivity (Wildman–Crippen MR) is 122 cm³/mol. The summed E-state index contributed by atoms with van der Waals surface area (Å²) in [5.74, 6) is 2.38. The fourth-order valence-electron chi connectivity index (χ4n) is 3.51. The van der Waals surface area contributed by atoms with Gasteiger partial charge in [0, 0.05) is 40.2 Å². The van der Waals surface area contributed by atoms with Crippen LogP contribution in [0.25, 0.3) is 0 Å². The molecule has 0 aromatic heterocycles. The average Bonchev–Trinajstić information content (AvgIpc) is 2.63. The number of carbonyl (C=O) groups excluding carboxylic acids is 1. The fraction of sp³-hybridized carbons (Fsp3) is 0.900. The third-order valence-electron chi connectivity index (χ3n) is 5.29. The van der Waals surface area contributed by atoms with Gasteiger partial charge in [0.1, 0.15) is 0 Å². The molecule has 0 radical (unpaired) electrons. The van der Waals surface area contributed by atoms with Crippen molar-refractivity contribution in [3.63, 3.8) is 0 Å². The van der Waals surface area contributed by atoms with Crippen molar-refractivity contribution in [1.29, 1.82) is 0 Å². The van der Waals surface area contributed by atoms with Crippen LogP contribution in [0.15, 0.2) is 4.99 Å². The summed E-state index contributed by atoms with van der Waals surface area (Å²) in [6, 6.07) is 0. The first-order valence-corrected chi connectivity index (χ1v) is 10.3. The summed E-state index contributed by atoms with van der Waals surface area (Å²) in [5.41, 5.74) is 0. The van der Waals surface area contributed by atoms with Gasteiger partial charge in [-0.15, -0.1) is 24.0 Å². The normalized spacial score (nSPS) is 16.8. The number of amides is 1. The van der Waals surface area contributed by atoms with Gasteiger partial charge in [0.25, 0.3) is 0 Å². The maximum Gasteiger partial charge on any atom is 0.220 e. The largest absolute Gasteiger partial charge is 0.359 e. The minimum atomic E-state index is 0. The van der Waals surface area contributed by atoms with Crippen LogP contribution in [-0.4, -0.2) is 50.5 Å². The molecule has 0 bridgehead atoms. The van der Waals surface area contributed by atoms with E-state index in [1.807, 2.05) is 7.05 Å². The maximum atomic E-state index is 11.5. The second kappa shape index (κ2) is 15.5. The van der Waals surface area contributed by atoms with Crippen LogP contribution in [-0.2, 0) is 4.79 Å². The molecule has 1 aliphatic rings. The summed E-state index contributed by atoms with van der Waals surface area (Å²) in [7, 11) is 3.59. The highest BCUT2D eigenvalue weighted by Gasteiger charge is 2.23. The highest BCUT2D eigenvalue weighted by atomic mass is 127.